The maximum absolute atomic E-state index is 15.3. The Labute approximate surface area is 780 Å². The van der Waals surface area contributed by atoms with E-state index in [0.29, 0.717) is 61.6 Å². The molecule has 0 spiro atoms. The average Bonchev–Trinajstić information content (AvgIpc) is 1.51. The number of benzene rings is 7. The van der Waals surface area contributed by atoms with E-state index in [1.165, 1.54) is 5.57 Å². The van der Waals surface area contributed by atoms with Gasteiger partial charge in [-0.15, -0.1) is 0 Å². The minimum atomic E-state index is -3.32. The first-order valence-corrected chi connectivity index (χ1v) is 53.2. The van der Waals surface area contributed by atoms with E-state index in [1.54, 1.807) is 203 Å². The predicted octanol–water partition coefficient (Wildman–Crippen LogP) is 20.4. The molecule has 4 aliphatic heterocycles. The summed E-state index contributed by atoms with van der Waals surface area (Å²) < 4.78 is 120. The van der Waals surface area contributed by atoms with Crippen LogP contribution in [0.15, 0.2) is 218 Å². The molecule has 0 unspecified atom stereocenters. The van der Waals surface area contributed by atoms with E-state index in [4.69, 9.17) is 79.9 Å². The molecule has 8 aliphatic rings. The van der Waals surface area contributed by atoms with Gasteiger partial charge in [0.25, 0.3) is 0 Å². The molecule has 4 heterocycles. The van der Waals surface area contributed by atoms with Gasteiger partial charge in [0.05, 0.1) is 84.2 Å². The van der Waals surface area contributed by atoms with Crippen LogP contribution in [0.5, 0.6) is 5.75 Å². The van der Waals surface area contributed by atoms with Crippen LogP contribution in [-0.4, -0.2) is 183 Å². The van der Waals surface area contributed by atoms with Crippen molar-refractivity contribution in [3.8, 4) is 5.75 Å². The van der Waals surface area contributed by atoms with Gasteiger partial charge < -0.3 is 79.9 Å². The van der Waals surface area contributed by atoms with Crippen molar-refractivity contribution in [3.63, 3.8) is 0 Å². The number of ether oxygens (including phenoxy) is 15. The third-order valence-corrected chi connectivity index (χ3v) is 39.5. The van der Waals surface area contributed by atoms with Crippen LogP contribution in [0.25, 0.3) is 0 Å². The molecule has 7 fully saturated rings. The smallest absolute Gasteiger partial charge is 0.338 e. The number of carbonyl (C=O) groups is 6. The lowest BCUT2D eigenvalue weighted by Crippen LogP contribution is -2.69. The summed E-state index contributed by atoms with van der Waals surface area (Å²) in [4.78, 5) is 90.1. The fourth-order valence-electron chi connectivity index (χ4n) is 21.1. The topological polar surface area (TPSA) is 259 Å². The number of rotatable bonds is 31. The van der Waals surface area contributed by atoms with Crippen LogP contribution in [-0.2, 0) is 81.8 Å². The van der Waals surface area contributed by atoms with Gasteiger partial charge in [-0.1, -0.05) is 202 Å². The van der Waals surface area contributed by atoms with Crippen LogP contribution < -0.4 is 4.74 Å². The van der Waals surface area contributed by atoms with Crippen molar-refractivity contribution in [2.75, 3.05) is 20.3 Å². The van der Waals surface area contributed by atoms with Gasteiger partial charge in [0.1, 0.15) is 30.2 Å². The molecule has 7 aromatic carbocycles. The van der Waals surface area contributed by atoms with Crippen LogP contribution in [0.4, 0.5) is 0 Å². The number of hydrogen-bond acceptors (Lipinski definition) is 23. The second-order valence-corrected chi connectivity index (χ2v) is 50.7. The average molecular weight is 1840 g/mol. The Morgan fingerprint density at radius 3 is 1.33 bits per heavy atom. The number of allylic oxidation sites excluding steroid dienone is 1. The minimum Gasteiger partial charge on any atom is -0.497 e. The minimum absolute atomic E-state index is 0.110. The summed E-state index contributed by atoms with van der Waals surface area (Å²) in [5.74, 6) is -1.60. The summed E-state index contributed by atoms with van der Waals surface area (Å²) in [6.07, 6.45) is -12.4. The molecule has 0 aromatic heterocycles. The van der Waals surface area contributed by atoms with Crippen LogP contribution in [0.1, 0.15) is 209 Å². The van der Waals surface area contributed by atoms with Gasteiger partial charge in [0, 0.05) is 6.61 Å². The summed E-state index contributed by atoms with van der Waals surface area (Å²) in [5.41, 5.74) is 3.24. The Kier molecular flexibility index (Phi) is 30.5. The highest BCUT2D eigenvalue weighted by Gasteiger charge is 2.67. The Morgan fingerprint density at radius 1 is 0.462 bits per heavy atom. The predicted molar refractivity (Wildman–Crippen MR) is 500 cm³/mol. The number of esters is 6. The van der Waals surface area contributed by atoms with Crippen LogP contribution in [0, 0.1) is 46.3 Å². The second kappa shape index (κ2) is 41.2. The van der Waals surface area contributed by atoms with Crippen molar-refractivity contribution in [1.29, 1.82) is 0 Å². The lowest BCUT2D eigenvalue weighted by atomic mass is 9.47. The molecule has 3 saturated carbocycles. The zero-order chi connectivity index (χ0) is 93.8. The molecule has 7 aromatic rings. The quantitative estimate of drug-likeness (QED) is 0.0169. The van der Waals surface area contributed by atoms with Gasteiger partial charge in [0.15, 0.2) is 72.1 Å². The van der Waals surface area contributed by atoms with Gasteiger partial charge >= 0.3 is 35.8 Å². The lowest BCUT2D eigenvalue weighted by Gasteiger charge is -2.58. The van der Waals surface area contributed by atoms with E-state index in [9.17, 15) is 9.59 Å². The molecular weight excluding hydrogens is 1710 g/mol. The van der Waals surface area contributed by atoms with E-state index in [2.05, 4.69) is 114 Å². The highest BCUT2D eigenvalue weighted by molar-refractivity contribution is 6.74. The first-order valence-electron chi connectivity index (χ1n) is 47.4. The van der Waals surface area contributed by atoms with Crippen molar-refractivity contribution >= 4 is 52.5 Å². The Bertz CT molecular complexity index is 5070. The van der Waals surface area contributed by atoms with E-state index >= 15 is 19.2 Å². The molecule has 4 aliphatic carbocycles. The van der Waals surface area contributed by atoms with Gasteiger partial charge in [-0.25, -0.2) is 28.8 Å². The normalized spacial score (nSPS) is 31.9. The van der Waals surface area contributed by atoms with Gasteiger partial charge in [-0.3, -0.25) is 0 Å². The summed E-state index contributed by atoms with van der Waals surface area (Å²) >= 11 is 0. The summed E-state index contributed by atoms with van der Waals surface area (Å²) in [6.45, 7) is 35.3. The molecule has 0 N–H and O–H groups in total. The number of carbonyl (C=O) groups excluding carboxylic acids is 6. The zero-order valence-electron chi connectivity index (χ0n) is 79.4. The molecule has 26 atom stereocenters. The Balaban J connectivity index is 0.820. The fourth-order valence-corrected chi connectivity index (χ4v) is 23.4. The number of hydrogen-bond donors (Lipinski definition) is 0. The molecule has 25 heteroatoms. The molecule has 132 heavy (non-hydrogen) atoms. The summed E-state index contributed by atoms with van der Waals surface area (Å²) in [5, 5.41) is -0.961. The maximum atomic E-state index is 15.3. The highest BCUT2D eigenvalue weighted by atomic mass is 28.4. The molecule has 15 rings (SSSR count). The standard InChI is InChI=1S/C107H134O23Si2/c1-65(62-115-63-69-49-52-77(114-13)53-50-69)48-55-82-66(2)85-83(120-82)61-81-79-54-51-76-60-78(56-58-106(76,11)80(79)57-59-107(81,85)12)119-103-94(129-102-93(127-100(113)75-46-34-23-35-47-75)90(125-98(111)73-42-30-21-31-43-73)87(68(4)118-102)123-96(109)71-38-26-19-27-39-71)91(130-132(16,17)105(8,9)10)88(84(121-103)64-116-131(14,15)104(5,6)7)128-101-92(126-99(112)74-44-32-22-33-45-74)89(124-97(110)72-40-28-20-29-41-72)86(67(3)117-101)122-95(108)70-36-24-18-25-37-70/h18-47,49-53,65-68,78-94,101-103H,48,54-64H2,1-17H3/t65-,66-,67+,68+,78+,79-,80+,81+,82-,83+,84-,85+,86+,87+,88-,89-,90-,91+,92-,93-,94-,101+,102+,103-,106+,107+/m1/s1. The Morgan fingerprint density at radius 2 is 0.886 bits per heavy atom. The maximum Gasteiger partial charge on any atom is 0.338 e. The SMILES string of the molecule is COc1ccc(COC[C@H](C)CC[C@H]2O[C@H]3C[C@H]4[C@@H]5CC=C6C[C@@H](O[C@@H]7O[C@H](CO[Si](C)(C)C(C)(C)C)[C@@H](O[C@@H]8O[C@@H](C)[C@H](OC(=O)c9ccccc9)[C@@H](OC(=O)c9ccccc9)[C@H]8OC(=O)c8ccccc8)[C@H](O[Si](C)(C)C(C)(C)C)[C@H]7O[C@@H]7O[C@@H](C)[C@H](OC(=O)c8ccccc8)[C@@H](OC(=O)c8ccccc8)[C@H]7OC(=O)c7ccccc7)CC[C@]6(C)[C@H]5CC[C@]4(C)[C@H]3[C@@H]2C)cc1. The zero-order valence-corrected chi connectivity index (χ0v) is 81.4. The van der Waals surface area contributed by atoms with Crippen molar-refractivity contribution < 1.29 is 109 Å². The van der Waals surface area contributed by atoms with E-state index < -0.39 is 156 Å². The first-order chi connectivity index (χ1) is 63.0. The molecule has 4 saturated heterocycles. The summed E-state index contributed by atoms with van der Waals surface area (Å²) in [7, 11) is -4.47. The molecule has 0 bridgehead atoms. The highest BCUT2D eigenvalue weighted by Crippen LogP contribution is 2.70. The molecule has 0 amide bonds. The van der Waals surface area contributed by atoms with Crippen molar-refractivity contribution in [2.45, 2.75) is 294 Å². The second-order valence-electron chi connectivity index (χ2n) is 41.2. The lowest BCUT2D eigenvalue weighted by molar-refractivity contribution is -0.385. The first kappa shape index (κ1) is 97.5. The van der Waals surface area contributed by atoms with E-state index in [-0.39, 0.29) is 68.1 Å². The molecule has 0 radical (unpaired) electrons. The van der Waals surface area contributed by atoms with Gasteiger partial charge in [0.2, 0.25) is 0 Å². The number of fused-ring (bicyclic) bond motifs is 7. The third kappa shape index (κ3) is 21.6. The largest absolute Gasteiger partial charge is 0.497 e. The van der Waals surface area contributed by atoms with E-state index in [0.717, 1.165) is 56.3 Å². The van der Waals surface area contributed by atoms with E-state index in [1.807, 2.05) is 12.1 Å². The third-order valence-electron chi connectivity index (χ3n) is 30.5. The van der Waals surface area contributed by atoms with Gasteiger partial charge in [-0.2, -0.15) is 0 Å². The molecule has 708 valence electrons. The number of methoxy groups -OCH3 is 1. The van der Waals surface area contributed by atoms with Crippen LogP contribution in [0.2, 0.25) is 36.3 Å². The summed E-state index contributed by atoms with van der Waals surface area (Å²) in [6, 6.07) is 57.9. The molecular formula is C107H134O23Si2. The van der Waals surface area contributed by atoms with Crippen molar-refractivity contribution in [3.05, 3.63) is 257 Å². The van der Waals surface area contributed by atoms with Gasteiger partial charge in [-0.05, 0) is 245 Å². The Hall–Kier alpha value is -9.07. The fraction of sp³-hybridized carbons (Fsp3) is 0.533. The molecule has 23 nitrogen and oxygen atoms in total. The van der Waals surface area contributed by atoms with Crippen molar-refractivity contribution in [2.24, 2.45) is 46.3 Å². The van der Waals surface area contributed by atoms with Crippen LogP contribution in [0.3, 0.4) is 0 Å². The van der Waals surface area contributed by atoms with Crippen molar-refractivity contribution in [1.82, 2.24) is 0 Å². The monoisotopic (exact) mass is 1840 g/mol. The van der Waals surface area contributed by atoms with Crippen LogP contribution >= 0.6 is 0 Å².